The van der Waals surface area contributed by atoms with Gasteiger partial charge < -0.3 is 4.74 Å². The molecule has 0 bridgehead atoms. The van der Waals surface area contributed by atoms with E-state index in [1.165, 1.54) is 50.8 Å². The lowest BCUT2D eigenvalue weighted by Gasteiger charge is -2.32. The number of hydrogen-bond donors (Lipinski definition) is 0. The largest absolute Gasteiger partial charge is 0.489 e. The Labute approximate surface area is 169 Å². The van der Waals surface area contributed by atoms with Crippen molar-refractivity contribution in [1.82, 2.24) is 4.90 Å². The summed E-state index contributed by atoms with van der Waals surface area (Å²) in [5.74, 6) is 1.56. The van der Waals surface area contributed by atoms with Gasteiger partial charge in [0.05, 0.1) is 6.10 Å². The molecule has 1 aliphatic heterocycles. The van der Waals surface area contributed by atoms with Crippen LogP contribution in [0, 0.1) is 17.2 Å². The van der Waals surface area contributed by atoms with Crippen LogP contribution in [-0.4, -0.2) is 24.1 Å². The average Bonchev–Trinajstić information content (AvgIpc) is 2.75. The molecule has 0 N–H and O–H groups in total. The lowest BCUT2D eigenvalue weighted by Crippen LogP contribution is -2.32. The molecular formula is C25H32N2O. The maximum atomic E-state index is 9.93. The van der Waals surface area contributed by atoms with Crippen LogP contribution in [0.25, 0.3) is 10.8 Å². The van der Waals surface area contributed by atoms with E-state index >= 15 is 0 Å². The summed E-state index contributed by atoms with van der Waals surface area (Å²) in [6.45, 7) is 6.96. The van der Waals surface area contributed by atoms with Gasteiger partial charge in [-0.1, -0.05) is 31.5 Å². The second-order valence-electron chi connectivity index (χ2n) is 8.80. The highest BCUT2D eigenvalue weighted by molar-refractivity contribution is 5.90. The number of hydrogen-bond acceptors (Lipinski definition) is 3. The third-order valence-electron chi connectivity index (χ3n) is 6.80. The van der Waals surface area contributed by atoms with Crippen LogP contribution in [-0.2, 0) is 0 Å². The fraction of sp³-hybridized carbons (Fsp3) is 0.560. The van der Waals surface area contributed by atoms with E-state index in [1.807, 2.05) is 6.07 Å². The molecule has 148 valence electrons. The molecule has 2 fully saturated rings. The zero-order valence-corrected chi connectivity index (χ0v) is 17.3. The van der Waals surface area contributed by atoms with Crippen molar-refractivity contribution in [2.75, 3.05) is 13.1 Å². The quantitative estimate of drug-likeness (QED) is 0.636. The van der Waals surface area contributed by atoms with Crippen molar-refractivity contribution in [3.63, 3.8) is 0 Å². The molecule has 0 radical (unpaired) electrons. The Morgan fingerprint density at radius 2 is 1.75 bits per heavy atom. The smallest absolute Gasteiger partial charge is 0.138 e. The highest BCUT2D eigenvalue weighted by Gasteiger charge is 2.22. The Kier molecular flexibility index (Phi) is 5.87. The van der Waals surface area contributed by atoms with Crippen LogP contribution in [0.4, 0.5) is 0 Å². The van der Waals surface area contributed by atoms with Crippen molar-refractivity contribution >= 4 is 10.8 Å². The summed E-state index contributed by atoms with van der Waals surface area (Å²) < 4.78 is 6.32. The predicted molar refractivity (Wildman–Crippen MR) is 115 cm³/mol. The van der Waals surface area contributed by atoms with Gasteiger partial charge in [-0.2, -0.15) is 5.26 Å². The van der Waals surface area contributed by atoms with Crippen molar-refractivity contribution in [2.24, 2.45) is 5.92 Å². The summed E-state index contributed by atoms with van der Waals surface area (Å²) in [5.41, 5.74) is 2.00. The molecule has 2 aromatic rings. The van der Waals surface area contributed by atoms with E-state index in [0.717, 1.165) is 35.3 Å². The number of nitriles is 1. The first-order valence-electron chi connectivity index (χ1n) is 11.0. The van der Waals surface area contributed by atoms with Gasteiger partial charge in [-0.05, 0) is 87.5 Å². The molecule has 1 heterocycles. The topological polar surface area (TPSA) is 36.3 Å². The molecule has 2 aliphatic rings. The summed E-state index contributed by atoms with van der Waals surface area (Å²) in [7, 11) is 0. The fourth-order valence-electron chi connectivity index (χ4n) is 4.83. The number of piperidine rings is 1. The Hall–Kier alpha value is -2.05. The number of rotatable bonds is 4. The van der Waals surface area contributed by atoms with E-state index in [0.29, 0.717) is 11.6 Å². The van der Waals surface area contributed by atoms with Gasteiger partial charge in [-0.25, -0.2) is 0 Å². The van der Waals surface area contributed by atoms with Gasteiger partial charge in [0.15, 0.2) is 0 Å². The second-order valence-corrected chi connectivity index (χ2v) is 8.80. The van der Waals surface area contributed by atoms with Crippen LogP contribution in [0.15, 0.2) is 30.3 Å². The summed E-state index contributed by atoms with van der Waals surface area (Å²) in [6.07, 6.45) is 8.80. The predicted octanol–water partition coefficient (Wildman–Crippen LogP) is 6.22. The highest BCUT2D eigenvalue weighted by atomic mass is 16.5. The first kappa shape index (κ1) is 19.3. The van der Waals surface area contributed by atoms with Gasteiger partial charge in [-0.3, -0.25) is 4.90 Å². The van der Waals surface area contributed by atoms with E-state index < -0.39 is 0 Å². The van der Waals surface area contributed by atoms with Crippen molar-refractivity contribution in [3.05, 3.63) is 41.5 Å². The standard InChI is InChI=1S/C25H32N2O/c1-18-6-11-22(12-7-18)28-25-13-10-20-8-9-21(16-23(20)24(25)17-26)19(2)27-14-4-3-5-15-27/h8-10,13,16,18-19,22H,3-7,11-12,14-15H2,1-2H3. The Morgan fingerprint density at radius 3 is 2.46 bits per heavy atom. The molecular weight excluding hydrogens is 344 g/mol. The first-order valence-corrected chi connectivity index (χ1v) is 11.0. The normalized spacial score (nSPS) is 24.6. The third-order valence-corrected chi connectivity index (χ3v) is 6.80. The number of benzene rings is 2. The van der Waals surface area contributed by atoms with E-state index in [9.17, 15) is 5.26 Å². The molecule has 1 unspecified atom stereocenters. The summed E-state index contributed by atoms with van der Waals surface area (Å²) in [6, 6.07) is 13.5. The molecule has 3 heteroatoms. The third kappa shape index (κ3) is 4.03. The van der Waals surface area contributed by atoms with Crippen LogP contribution in [0.3, 0.4) is 0 Å². The Balaban J connectivity index is 1.62. The zero-order valence-electron chi connectivity index (χ0n) is 17.3. The van der Waals surface area contributed by atoms with E-state index in [2.05, 4.69) is 49.1 Å². The summed E-state index contributed by atoms with van der Waals surface area (Å²) >= 11 is 0. The summed E-state index contributed by atoms with van der Waals surface area (Å²) in [4.78, 5) is 2.57. The first-order chi connectivity index (χ1) is 13.7. The molecule has 0 spiro atoms. The molecule has 28 heavy (non-hydrogen) atoms. The van der Waals surface area contributed by atoms with E-state index in [-0.39, 0.29) is 6.10 Å². The monoisotopic (exact) mass is 376 g/mol. The Morgan fingerprint density at radius 1 is 1.04 bits per heavy atom. The molecule has 0 aromatic heterocycles. The van der Waals surface area contributed by atoms with Gasteiger partial charge in [0, 0.05) is 11.4 Å². The van der Waals surface area contributed by atoms with E-state index in [4.69, 9.17) is 4.74 Å². The van der Waals surface area contributed by atoms with Crippen LogP contribution in [0.5, 0.6) is 5.75 Å². The molecule has 2 aromatic carbocycles. The minimum Gasteiger partial charge on any atom is -0.489 e. The van der Waals surface area contributed by atoms with Gasteiger partial charge in [0.1, 0.15) is 17.4 Å². The van der Waals surface area contributed by atoms with Gasteiger partial charge >= 0.3 is 0 Å². The second kappa shape index (κ2) is 8.53. The number of fused-ring (bicyclic) bond motifs is 1. The van der Waals surface area contributed by atoms with Gasteiger partial charge in [0.2, 0.25) is 0 Å². The van der Waals surface area contributed by atoms with Crippen molar-refractivity contribution in [3.8, 4) is 11.8 Å². The molecule has 1 saturated carbocycles. The number of likely N-dealkylation sites (tertiary alicyclic amines) is 1. The van der Waals surface area contributed by atoms with E-state index in [1.54, 1.807) is 0 Å². The van der Waals surface area contributed by atoms with Gasteiger partial charge in [0.25, 0.3) is 0 Å². The SMILES string of the molecule is CC1CCC(Oc2ccc3ccc(C(C)N4CCCCC4)cc3c2C#N)CC1. The Bertz CT molecular complexity index is 855. The van der Waals surface area contributed by atoms with Crippen molar-refractivity contribution < 1.29 is 4.74 Å². The maximum Gasteiger partial charge on any atom is 0.138 e. The van der Waals surface area contributed by atoms with Crippen LogP contribution in [0.2, 0.25) is 0 Å². The van der Waals surface area contributed by atoms with Crippen molar-refractivity contribution in [1.29, 1.82) is 5.26 Å². The molecule has 1 atom stereocenters. The summed E-state index contributed by atoms with van der Waals surface area (Å²) in [5, 5.41) is 12.1. The zero-order chi connectivity index (χ0) is 19.5. The van der Waals surface area contributed by atoms with Gasteiger partial charge in [-0.15, -0.1) is 0 Å². The molecule has 3 nitrogen and oxygen atoms in total. The lowest BCUT2D eigenvalue weighted by molar-refractivity contribution is 0.135. The molecule has 1 aliphatic carbocycles. The minimum atomic E-state index is 0.246. The molecule has 4 rings (SSSR count). The van der Waals surface area contributed by atoms with Crippen LogP contribution < -0.4 is 4.74 Å². The fourth-order valence-corrected chi connectivity index (χ4v) is 4.83. The lowest BCUT2D eigenvalue weighted by atomic mass is 9.89. The van der Waals surface area contributed by atoms with Crippen LogP contribution in [0.1, 0.15) is 76.0 Å². The minimum absolute atomic E-state index is 0.246. The number of ether oxygens (including phenoxy) is 1. The molecule has 1 saturated heterocycles. The molecule has 0 amide bonds. The maximum absolute atomic E-state index is 9.93. The van der Waals surface area contributed by atoms with Crippen LogP contribution >= 0.6 is 0 Å². The average molecular weight is 377 g/mol. The number of nitrogens with zero attached hydrogens (tertiary/aromatic N) is 2. The highest BCUT2D eigenvalue weighted by Crippen LogP contribution is 2.34. The van der Waals surface area contributed by atoms with Crippen molar-refractivity contribution in [2.45, 2.75) is 70.9 Å².